The van der Waals surface area contributed by atoms with Gasteiger partial charge in [-0.15, -0.1) is 0 Å². The van der Waals surface area contributed by atoms with Gasteiger partial charge < -0.3 is 11.5 Å². The Bertz CT molecular complexity index is 802. The fourth-order valence-electron chi connectivity index (χ4n) is 2.78. The van der Waals surface area contributed by atoms with Crippen molar-refractivity contribution in [2.45, 2.75) is 51.7 Å². The Morgan fingerprint density at radius 3 is 2.15 bits per heavy atom. The van der Waals surface area contributed by atoms with Gasteiger partial charge in [-0.2, -0.15) is 18.3 Å². The number of nitrogens with zero attached hydrogens (tertiary/aromatic N) is 2. The highest BCUT2D eigenvalue weighted by Crippen LogP contribution is 2.30. The summed E-state index contributed by atoms with van der Waals surface area (Å²) in [4.78, 5) is 11.6. The van der Waals surface area contributed by atoms with E-state index in [1.165, 1.54) is 4.68 Å². The number of carbonyl (C=O) groups excluding carboxylic acids is 1. The van der Waals surface area contributed by atoms with Crippen molar-refractivity contribution in [1.82, 2.24) is 9.78 Å². The normalized spacial score (nSPS) is 13.7. The fourth-order valence-corrected chi connectivity index (χ4v) is 2.78. The first kappa shape index (κ1) is 19.8. The van der Waals surface area contributed by atoms with Gasteiger partial charge >= 0.3 is 6.18 Å². The number of halogens is 3. The largest absolute Gasteiger partial charge is 0.394 e. The van der Waals surface area contributed by atoms with Crippen molar-refractivity contribution in [2.75, 3.05) is 5.73 Å². The Morgan fingerprint density at radius 2 is 1.73 bits per heavy atom. The van der Waals surface area contributed by atoms with E-state index in [1.807, 2.05) is 24.3 Å². The summed E-state index contributed by atoms with van der Waals surface area (Å²) in [5.41, 5.74) is 12.2. The summed E-state index contributed by atoms with van der Waals surface area (Å²) in [5.74, 6) is -1.19. The second-order valence-electron chi connectivity index (χ2n) is 7.36. The molecule has 8 heteroatoms. The zero-order valence-corrected chi connectivity index (χ0v) is 15.2. The lowest BCUT2D eigenvalue weighted by molar-refractivity contribution is -0.127. The van der Waals surface area contributed by atoms with E-state index in [0.717, 1.165) is 11.1 Å². The average molecular weight is 368 g/mol. The van der Waals surface area contributed by atoms with Crippen LogP contribution in [0.25, 0.3) is 0 Å². The predicted molar refractivity (Wildman–Crippen MR) is 93.9 cm³/mol. The van der Waals surface area contributed by atoms with Crippen LogP contribution in [-0.2, 0) is 11.8 Å². The molecule has 0 saturated carbocycles. The van der Waals surface area contributed by atoms with Crippen LogP contribution in [-0.4, -0.2) is 21.9 Å². The molecule has 1 unspecified atom stereocenters. The lowest BCUT2D eigenvalue weighted by Gasteiger charge is -2.21. The van der Waals surface area contributed by atoms with Crippen LogP contribution in [0.2, 0.25) is 0 Å². The van der Waals surface area contributed by atoms with Crippen molar-refractivity contribution in [2.24, 2.45) is 5.73 Å². The number of hydrogen-bond acceptors (Lipinski definition) is 3. The van der Waals surface area contributed by atoms with Crippen LogP contribution in [0.3, 0.4) is 0 Å². The summed E-state index contributed by atoms with van der Waals surface area (Å²) in [6.45, 7) is 8.00. The van der Waals surface area contributed by atoms with E-state index >= 15 is 0 Å². The minimum Gasteiger partial charge on any atom is -0.383 e. The van der Waals surface area contributed by atoms with Gasteiger partial charge in [0.05, 0.1) is 18.2 Å². The first-order chi connectivity index (χ1) is 11.8. The van der Waals surface area contributed by atoms with E-state index in [1.54, 1.807) is 6.92 Å². The molecule has 142 valence electrons. The molecule has 0 aliphatic carbocycles. The summed E-state index contributed by atoms with van der Waals surface area (Å²) >= 11 is 0. The quantitative estimate of drug-likeness (QED) is 0.865. The second kappa shape index (κ2) is 6.66. The van der Waals surface area contributed by atoms with E-state index in [2.05, 4.69) is 25.9 Å². The van der Waals surface area contributed by atoms with Crippen LogP contribution in [0.4, 0.5) is 19.0 Å². The molecule has 0 spiro atoms. The van der Waals surface area contributed by atoms with Crippen molar-refractivity contribution in [3.05, 3.63) is 46.6 Å². The highest BCUT2D eigenvalue weighted by atomic mass is 19.4. The minimum absolute atomic E-state index is 0.0223. The Labute approximate surface area is 150 Å². The zero-order chi connectivity index (χ0) is 19.9. The third-order valence-corrected chi connectivity index (χ3v) is 4.26. The van der Waals surface area contributed by atoms with Crippen molar-refractivity contribution >= 4 is 11.7 Å². The van der Waals surface area contributed by atoms with E-state index in [-0.39, 0.29) is 16.8 Å². The van der Waals surface area contributed by atoms with Crippen LogP contribution < -0.4 is 11.5 Å². The van der Waals surface area contributed by atoms with Crippen LogP contribution in [0.15, 0.2) is 24.3 Å². The molecule has 0 bridgehead atoms. The van der Waals surface area contributed by atoms with E-state index < -0.39 is 30.2 Å². The molecule has 5 nitrogen and oxygen atoms in total. The maximum atomic E-state index is 12.8. The molecule has 4 N–H and O–H groups in total. The number of benzene rings is 1. The van der Waals surface area contributed by atoms with Crippen molar-refractivity contribution in [3.8, 4) is 0 Å². The number of primary amides is 1. The number of rotatable bonds is 4. The number of amides is 1. The molecule has 0 aliphatic heterocycles. The summed E-state index contributed by atoms with van der Waals surface area (Å²) in [5, 5.41) is 3.93. The average Bonchev–Trinajstić information content (AvgIpc) is 2.80. The second-order valence-corrected chi connectivity index (χ2v) is 7.36. The molecular weight excluding hydrogens is 345 g/mol. The Morgan fingerprint density at radius 1 is 1.19 bits per heavy atom. The number of carbonyl (C=O) groups is 1. The minimum atomic E-state index is -4.52. The van der Waals surface area contributed by atoms with E-state index in [4.69, 9.17) is 11.5 Å². The number of alkyl halides is 3. The first-order valence-corrected chi connectivity index (χ1v) is 8.15. The number of nitrogen functional groups attached to an aromatic ring is 1. The summed E-state index contributed by atoms with van der Waals surface area (Å²) in [7, 11) is 0. The van der Waals surface area contributed by atoms with Crippen molar-refractivity contribution in [1.29, 1.82) is 0 Å². The molecule has 1 amide bonds. The van der Waals surface area contributed by atoms with Gasteiger partial charge in [0.1, 0.15) is 11.4 Å². The molecule has 1 aromatic heterocycles. The standard InChI is InChI=1S/C18H23F3N4O/c1-10(11-5-7-12(8-6-11)17(2,3)4)25-15(22)14(16(23)26)13(24-25)9-18(19,20)21/h5-8,10H,9,22H2,1-4H3,(H2,23,26). The maximum Gasteiger partial charge on any atom is 0.394 e. The number of hydrogen-bond donors (Lipinski definition) is 2. The van der Waals surface area contributed by atoms with Gasteiger partial charge in [0.2, 0.25) is 0 Å². The lowest BCUT2D eigenvalue weighted by atomic mass is 9.86. The highest BCUT2D eigenvalue weighted by Gasteiger charge is 2.34. The molecule has 26 heavy (non-hydrogen) atoms. The lowest BCUT2D eigenvalue weighted by Crippen LogP contribution is -2.19. The molecule has 0 saturated heterocycles. The van der Waals surface area contributed by atoms with Gasteiger partial charge in [0.25, 0.3) is 5.91 Å². The summed E-state index contributed by atoms with van der Waals surface area (Å²) < 4.78 is 39.5. The van der Waals surface area contributed by atoms with Gasteiger partial charge in [-0.1, -0.05) is 45.0 Å². The molecule has 2 aromatic rings. The topological polar surface area (TPSA) is 86.9 Å². The first-order valence-electron chi connectivity index (χ1n) is 8.15. The predicted octanol–water partition coefficient (Wildman–Crippen LogP) is 3.58. The van der Waals surface area contributed by atoms with Crippen LogP contribution >= 0.6 is 0 Å². The van der Waals surface area contributed by atoms with Gasteiger partial charge in [0.15, 0.2) is 0 Å². The van der Waals surface area contributed by atoms with Gasteiger partial charge in [-0.05, 0) is 23.5 Å². The Kier molecular flexibility index (Phi) is 5.07. The van der Waals surface area contributed by atoms with Crippen molar-refractivity contribution < 1.29 is 18.0 Å². The fraction of sp³-hybridized carbons (Fsp3) is 0.444. The highest BCUT2D eigenvalue weighted by molar-refractivity contribution is 5.98. The zero-order valence-electron chi connectivity index (χ0n) is 15.2. The molecule has 1 aromatic carbocycles. The van der Waals surface area contributed by atoms with Gasteiger partial charge in [-0.25, -0.2) is 4.68 Å². The molecule has 0 radical (unpaired) electrons. The van der Waals surface area contributed by atoms with Crippen LogP contribution in [0.1, 0.15) is 60.9 Å². The number of anilines is 1. The Balaban J connectivity index is 2.44. The smallest absolute Gasteiger partial charge is 0.383 e. The molecule has 0 fully saturated rings. The summed E-state index contributed by atoms with van der Waals surface area (Å²) in [6, 6.07) is 7.21. The number of nitrogens with two attached hydrogens (primary N) is 2. The monoisotopic (exact) mass is 368 g/mol. The van der Waals surface area contributed by atoms with E-state index in [9.17, 15) is 18.0 Å². The van der Waals surface area contributed by atoms with Gasteiger partial charge in [0, 0.05) is 0 Å². The molecule has 0 aliphatic rings. The van der Waals surface area contributed by atoms with Crippen molar-refractivity contribution in [3.63, 3.8) is 0 Å². The van der Waals surface area contributed by atoms with Crippen LogP contribution in [0, 0.1) is 0 Å². The van der Waals surface area contributed by atoms with E-state index in [0.29, 0.717) is 0 Å². The molecule has 2 rings (SSSR count). The third kappa shape index (κ3) is 4.17. The van der Waals surface area contributed by atoms with Gasteiger partial charge in [-0.3, -0.25) is 4.79 Å². The number of aromatic nitrogens is 2. The Hall–Kier alpha value is -2.51. The van der Waals surface area contributed by atoms with Crippen LogP contribution in [0.5, 0.6) is 0 Å². The molecule has 1 atom stereocenters. The SMILES string of the molecule is CC(c1ccc(C(C)(C)C)cc1)n1nc(CC(F)(F)F)c(C(N)=O)c1N. The maximum absolute atomic E-state index is 12.8. The molecule has 1 heterocycles. The summed E-state index contributed by atoms with van der Waals surface area (Å²) in [6.07, 6.45) is -5.88. The molecular formula is C18H23F3N4O. The third-order valence-electron chi connectivity index (χ3n) is 4.26.